The van der Waals surface area contributed by atoms with Gasteiger partial charge in [0.15, 0.2) is 34.9 Å². The highest BCUT2D eigenvalue weighted by molar-refractivity contribution is 5.90. The third-order valence-corrected chi connectivity index (χ3v) is 17.3. The number of phenols is 2. The van der Waals surface area contributed by atoms with Gasteiger partial charge in [-0.2, -0.15) is 0 Å². The maximum Gasteiger partial charge on any atom is 0.174 e. The number of ether oxygens (including phenoxy) is 2. The fraction of sp³-hybridized carbons (Fsp3) is 0.711. The van der Waals surface area contributed by atoms with Crippen molar-refractivity contribution in [3.63, 3.8) is 0 Å². The highest BCUT2D eigenvalue weighted by atomic mass is 16.5. The van der Waals surface area contributed by atoms with Crippen LogP contribution in [0.1, 0.15) is 86.5 Å². The van der Waals surface area contributed by atoms with E-state index < -0.39 is 22.7 Å². The predicted molar refractivity (Wildman–Crippen MR) is 207 cm³/mol. The lowest BCUT2D eigenvalue weighted by molar-refractivity contribution is -0.201. The highest BCUT2D eigenvalue weighted by Gasteiger charge is 2.75. The molecule has 300 valence electrons. The molecule has 0 amide bonds. The minimum Gasteiger partial charge on any atom is -0.504 e. The molecular weight excluding hydrogens is 709 g/mol. The number of aromatic hydroxyl groups is 2. The minimum atomic E-state index is -0.940. The van der Waals surface area contributed by atoms with Crippen LogP contribution >= 0.6 is 0 Å². The van der Waals surface area contributed by atoms with Crippen LogP contribution in [0.5, 0.6) is 23.0 Å². The van der Waals surface area contributed by atoms with Gasteiger partial charge in [0.25, 0.3) is 0 Å². The molecule has 5 aliphatic heterocycles. The third kappa shape index (κ3) is 4.48. The largest absolute Gasteiger partial charge is 0.504 e. The average molecular weight is 767 g/mol. The number of piperidine rings is 2. The number of piperazine rings is 1. The van der Waals surface area contributed by atoms with E-state index in [1.54, 1.807) is 6.07 Å². The van der Waals surface area contributed by atoms with Gasteiger partial charge in [0.05, 0.1) is 22.0 Å². The summed E-state index contributed by atoms with van der Waals surface area (Å²) in [6, 6.07) is 8.09. The smallest absolute Gasteiger partial charge is 0.174 e. The molecule has 13 rings (SSSR count). The van der Waals surface area contributed by atoms with E-state index in [0.29, 0.717) is 30.4 Å². The van der Waals surface area contributed by atoms with E-state index in [0.717, 1.165) is 119 Å². The number of hydrogen-bond acceptors (Lipinski definition) is 11. The Morgan fingerprint density at radius 3 is 1.84 bits per heavy atom. The van der Waals surface area contributed by atoms with E-state index in [-0.39, 0.29) is 40.9 Å². The monoisotopic (exact) mass is 766 g/mol. The van der Waals surface area contributed by atoms with E-state index >= 15 is 0 Å². The number of hydrogen-bond donors (Lipinski definition) is 4. The van der Waals surface area contributed by atoms with Crippen LogP contribution in [0.15, 0.2) is 24.3 Å². The normalized spacial score (nSPS) is 41.9. The van der Waals surface area contributed by atoms with Gasteiger partial charge in [-0.15, -0.1) is 0 Å². The van der Waals surface area contributed by atoms with E-state index in [1.807, 2.05) is 12.1 Å². The molecule has 11 heteroatoms. The van der Waals surface area contributed by atoms with Crippen LogP contribution in [-0.2, 0) is 28.5 Å². The van der Waals surface area contributed by atoms with Gasteiger partial charge in [-0.1, -0.05) is 12.1 Å². The first kappa shape index (κ1) is 35.1. The summed E-state index contributed by atoms with van der Waals surface area (Å²) in [6.45, 7) is 8.41. The summed E-state index contributed by atoms with van der Waals surface area (Å²) in [5, 5.41) is 45.6. The van der Waals surface area contributed by atoms with Gasteiger partial charge in [-0.05, 0) is 126 Å². The summed E-state index contributed by atoms with van der Waals surface area (Å²) in [5.74, 6) is 3.14. The molecule has 6 aliphatic carbocycles. The summed E-state index contributed by atoms with van der Waals surface area (Å²) < 4.78 is 12.7. The summed E-state index contributed by atoms with van der Waals surface area (Å²) in [4.78, 5) is 22.8. The maximum atomic E-state index is 12.7. The fourth-order valence-electron chi connectivity index (χ4n) is 14.2. The molecule has 4 N–H and O–H groups in total. The van der Waals surface area contributed by atoms with Gasteiger partial charge < -0.3 is 34.8 Å². The van der Waals surface area contributed by atoms with Gasteiger partial charge in [-0.3, -0.25) is 19.5 Å². The molecule has 4 saturated carbocycles. The quantitative estimate of drug-likeness (QED) is 0.359. The highest BCUT2D eigenvalue weighted by Crippen LogP contribution is 2.67. The van der Waals surface area contributed by atoms with Crippen molar-refractivity contribution in [2.45, 2.75) is 129 Å². The van der Waals surface area contributed by atoms with Crippen molar-refractivity contribution in [1.82, 2.24) is 19.6 Å². The first-order valence-corrected chi connectivity index (χ1v) is 22.0. The number of likely N-dealkylation sites (N-methyl/N-ethyl adjacent to an activating group) is 1. The summed E-state index contributed by atoms with van der Waals surface area (Å²) in [6.07, 6.45) is 10.6. The molecule has 9 atom stereocenters. The van der Waals surface area contributed by atoms with Gasteiger partial charge in [0.1, 0.15) is 6.10 Å². The number of rotatable bonds is 5. The topological polar surface area (TPSA) is 129 Å². The van der Waals surface area contributed by atoms with Crippen LogP contribution in [0.4, 0.5) is 0 Å². The molecule has 7 fully saturated rings. The predicted octanol–water partition coefficient (Wildman–Crippen LogP) is 3.10. The first-order valence-electron chi connectivity index (χ1n) is 22.0. The van der Waals surface area contributed by atoms with E-state index in [2.05, 4.69) is 32.7 Å². The number of ketones is 1. The van der Waals surface area contributed by atoms with Gasteiger partial charge >= 0.3 is 0 Å². The lowest BCUT2D eigenvalue weighted by atomic mass is 9.48. The second-order valence-corrected chi connectivity index (χ2v) is 20.0. The zero-order valence-electron chi connectivity index (χ0n) is 32.8. The number of nitrogens with zero attached hydrogens (tertiary/aromatic N) is 4. The van der Waals surface area contributed by atoms with Gasteiger partial charge in [-0.25, -0.2) is 0 Å². The second kappa shape index (κ2) is 11.8. The zero-order valence-corrected chi connectivity index (χ0v) is 32.8. The number of benzene rings is 2. The molecule has 5 heterocycles. The zero-order chi connectivity index (χ0) is 37.9. The van der Waals surface area contributed by atoms with E-state index in [9.17, 15) is 25.2 Å². The molecule has 4 bridgehead atoms. The summed E-state index contributed by atoms with van der Waals surface area (Å²) in [7, 11) is 2.20. The average Bonchev–Trinajstić information content (AvgIpc) is 4.11. The van der Waals surface area contributed by atoms with E-state index in [4.69, 9.17) is 9.47 Å². The summed E-state index contributed by atoms with van der Waals surface area (Å²) in [5.41, 5.74) is 1.76. The number of carbonyl (C=O) groups excluding carboxylic acids is 1. The minimum absolute atomic E-state index is 0.0454. The second-order valence-electron chi connectivity index (χ2n) is 20.0. The lowest BCUT2D eigenvalue weighted by Crippen LogP contribution is -2.78. The van der Waals surface area contributed by atoms with Crippen LogP contribution in [-0.4, -0.2) is 147 Å². The number of likely N-dealkylation sites (tertiary alicyclic amines) is 2. The Bertz CT molecular complexity index is 2000. The number of phenolic OH excluding ortho intramolecular Hbond substituents is 2. The number of aliphatic hydroxyl groups is 2. The van der Waals surface area contributed by atoms with Crippen molar-refractivity contribution < 1.29 is 34.7 Å². The van der Waals surface area contributed by atoms with Crippen LogP contribution < -0.4 is 9.47 Å². The Hall–Kier alpha value is -2.93. The van der Waals surface area contributed by atoms with Gasteiger partial charge in [0.2, 0.25) is 0 Å². The van der Waals surface area contributed by atoms with Crippen molar-refractivity contribution in [2.75, 3.05) is 59.4 Å². The molecule has 56 heavy (non-hydrogen) atoms. The van der Waals surface area contributed by atoms with Crippen LogP contribution in [0, 0.1) is 11.8 Å². The molecule has 11 nitrogen and oxygen atoms in total. The van der Waals surface area contributed by atoms with Crippen molar-refractivity contribution >= 4 is 5.78 Å². The Kier molecular flexibility index (Phi) is 7.41. The standard InChI is InChI=1S/C25H35N3O3.C20H23NO4/c1-26-10-12-27(13-11-26)18-6-7-25(30)20-14-17-4-5-19(29)22-21(17)24(25,23(18)31-22)8-9-28(20)15-16-2-3-16;22-13-4-3-12-9-15-20(24)6-5-14(23)18-19(20,16(12)17(13)25-18)7-8-21(15)10-11-1-2-11/h4-5,16,18,20,23,29-30H,2-3,6-15H2,1H3;3-4,11,15,18,22,24H,1-2,5-10H2/t18-,20?,23+,24+,25-;15?,18-,19-,20+/m01/s1. The molecule has 0 aromatic heterocycles. The molecule has 2 aromatic rings. The van der Waals surface area contributed by atoms with Crippen molar-refractivity contribution in [3.05, 3.63) is 46.5 Å². The Morgan fingerprint density at radius 1 is 0.679 bits per heavy atom. The van der Waals surface area contributed by atoms with Crippen molar-refractivity contribution in [1.29, 1.82) is 0 Å². The molecular formula is C45H58N4O7. The first-order chi connectivity index (χ1) is 27.1. The lowest BCUT2D eigenvalue weighted by Gasteiger charge is -2.65. The molecule has 2 aromatic carbocycles. The number of Topliss-reactive ketones (excluding diaryl/α,β-unsaturated/α-hetero) is 1. The number of carbonyl (C=O) groups is 1. The molecule has 0 radical (unpaired) electrons. The Morgan fingerprint density at radius 2 is 1.23 bits per heavy atom. The van der Waals surface area contributed by atoms with E-state index in [1.165, 1.54) is 31.2 Å². The van der Waals surface area contributed by atoms with Crippen molar-refractivity contribution in [3.8, 4) is 23.0 Å². The van der Waals surface area contributed by atoms with Crippen LogP contribution in [0.3, 0.4) is 0 Å². The van der Waals surface area contributed by atoms with Crippen molar-refractivity contribution in [2.24, 2.45) is 11.8 Å². The summed E-state index contributed by atoms with van der Waals surface area (Å²) >= 11 is 0. The van der Waals surface area contributed by atoms with Gasteiger partial charge in [0, 0.05) is 74.9 Å². The molecule has 11 aliphatic rings. The Labute approximate surface area is 329 Å². The fourth-order valence-corrected chi connectivity index (χ4v) is 14.2. The molecule has 2 unspecified atom stereocenters. The SMILES string of the molecule is CN1CCN([C@H]2CC[C@]3(O)C4Cc5ccc(O)c6c5[C@]3(CCN4CC3CC3)[C@@H]2O6)CC1.O=C1CC[C@]2(O)C3Cc4ccc(O)c5c4[C@]2(CCN3CC2CC2)[C@@H]1O5. The maximum absolute atomic E-state index is 12.7. The third-order valence-electron chi connectivity index (χ3n) is 17.3. The van der Waals surface area contributed by atoms with Crippen LogP contribution in [0.25, 0.3) is 0 Å². The molecule has 2 spiro atoms. The Balaban J connectivity index is 0.000000126. The van der Waals surface area contributed by atoms with Crippen LogP contribution in [0.2, 0.25) is 0 Å². The molecule has 3 saturated heterocycles.